The number of carbonyl (C=O) groups excluding carboxylic acids is 2. The van der Waals surface area contributed by atoms with E-state index in [9.17, 15) is 22.8 Å². The minimum atomic E-state index is -4.43. The average Bonchev–Trinajstić information content (AvgIpc) is 2.59. The first-order valence-electron chi connectivity index (χ1n) is 7.83. The second kappa shape index (κ2) is 8.09. The van der Waals surface area contributed by atoms with E-state index in [2.05, 4.69) is 5.32 Å². The topological polar surface area (TPSA) is 70.7 Å². The molecule has 0 bridgehead atoms. The molecule has 0 atom stereocenters. The summed E-state index contributed by atoms with van der Waals surface area (Å²) in [6, 6.07) is 6.62. The van der Waals surface area contributed by atoms with Crippen LogP contribution in [0.25, 0.3) is 0 Å². The number of amides is 3. The molecule has 6 nitrogen and oxygen atoms in total. The fourth-order valence-electron chi connectivity index (χ4n) is 2.62. The molecule has 0 radical (unpaired) electrons. The maximum absolute atomic E-state index is 12.3. The Balaban J connectivity index is 1.83. The Morgan fingerprint density at radius 2 is 1.88 bits per heavy atom. The predicted octanol–water partition coefficient (Wildman–Crippen LogP) is 2.62. The molecular weight excluding hydrogens is 339 g/mol. The molecule has 0 saturated carbocycles. The van der Waals surface area contributed by atoms with Crippen molar-refractivity contribution in [2.24, 2.45) is 5.92 Å². The molecule has 0 aromatic heterocycles. The van der Waals surface area contributed by atoms with Crippen LogP contribution in [0.15, 0.2) is 24.3 Å². The Morgan fingerprint density at radius 1 is 1.24 bits per heavy atom. The Bertz CT molecular complexity index is 614. The Morgan fingerprint density at radius 3 is 2.48 bits per heavy atom. The molecule has 0 spiro atoms. The average molecular weight is 359 g/mol. The van der Waals surface area contributed by atoms with Crippen molar-refractivity contribution in [3.63, 3.8) is 0 Å². The van der Waals surface area contributed by atoms with Crippen LogP contribution in [0.1, 0.15) is 12.8 Å². The van der Waals surface area contributed by atoms with E-state index in [0.717, 1.165) is 0 Å². The summed E-state index contributed by atoms with van der Waals surface area (Å²) >= 11 is 0. The minimum Gasteiger partial charge on any atom is -0.495 e. The highest BCUT2D eigenvalue weighted by Crippen LogP contribution is 2.24. The van der Waals surface area contributed by atoms with E-state index >= 15 is 0 Å². The van der Waals surface area contributed by atoms with Gasteiger partial charge in [0.15, 0.2) is 0 Å². The largest absolute Gasteiger partial charge is 0.495 e. The van der Waals surface area contributed by atoms with Gasteiger partial charge in [-0.05, 0) is 25.0 Å². The van der Waals surface area contributed by atoms with Crippen molar-refractivity contribution in [2.45, 2.75) is 19.0 Å². The number of benzene rings is 1. The van der Waals surface area contributed by atoms with Crippen molar-refractivity contribution >= 4 is 17.6 Å². The lowest BCUT2D eigenvalue weighted by molar-refractivity contribution is -0.141. The Kier molecular flexibility index (Phi) is 6.11. The number of hydrogen-bond acceptors (Lipinski definition) is 3. The highest BCUT2D eigenvalue weighted by atomic mass is 19.4. The third-order valence-corrected chi connectivity index (χ3v) is 3.96. The van der Waals surface area contributed by atoms with Crippen molar-refractivity contribution in [1.82, 2.24) is 10.2 Å². The minimum absolute atomic E-state index is 0.297. The molecule has 1 aromatic rings. The maximum Gasteiger partial charge on any atom is 0.405 e. The number of carbonyl (C=O) groups is 2. The number of nitrogens with zero attached hydrogens (tertiary/aromatic N) is 1. The highest BCUT2D eigenvalue weighted by molar-refractivity contribution is 5.91. The molecule has 1 fully saturated rings. The molecule has 3 amide bonds. The number of likely N-dealkylation sites (tertiary alicyclic amines) is 1. The van der Waals surface area contributed by atoms with Crippen molar-refractivity contribution in [1.29, 1.82) is 0 Å². The lowest BCUT2D eigenvalue weighted by Gasteiger charge is -2.31. The van der Waals surface area contributed by atoms with Crippen LogP contribution < -0.4 is 15.4 Å². The highest BCUT2D eigenvalue weighted by Gasteiger charge is 2.31. The van der Waals surface area contributed by atoms with Crippen LogP contribution in [0.3, 0.4) is 0 Å². The van der Waals surface area contributed by atoms with Crippen LogP contribution in [0.4, 0.5) is 23.7 Å². The second-order valence-corrected chi connectivity index (χ2v) is 5.72. The number of hydrogen-bond donors (Lipinski definition) is 2. The third-order valence-electron chi connectivity index (χ3n) is 3.96. The third kappa shape index (κ3) is 5.54. The van der Waals surface area contributed by atoms with Gasteiger partial charge >= 0.3 is 12.2 Å². The molecule has 1 aliphatic heterocycles. The Hall–Kier alpha value is -2.45. The van der Waals surface area contributed by atoms with E-state index in [1.807, 2.05) is 5.32 Å². The van der Waals surface area contributed by atoms with Crippen LogP contribution >= 0.6 is 0 Å². The van der Waals surface area contributed by atoms with Gasteiger partial charge in [0.2, 0.25) is 5.91 Å². The molecule has 1 aliphatic rings. The van der Waals surface area contributed by atoms with E-state index in [0.29, 0.717) is 37.4 Å². The van der Waals surface area contributed by atoms with Gasteiger partial charge in [-0.25, -0.2) is 4.79 Å². The van der Waals surface area contributed by atoms with Crippen molar-refractivity contribution < 1.29 is 27.5 Å². The van der Waals surface area contributed by atoms with Gasteiger partial charge in [0, 0.05) is 19.0 Å². The molecule has 2 N–H and O–H groups in total. The normalized spacial score (nSPS) is 15.6. The molecule has 0 unspecified atom stereocenters. The van der Waals surface area contributed by atoms with E-state index in [1.165, 1.54) is 12.0 Å². The number of alkyl halides is 3. The van der Waals surface area contributed by atoms with Crippen LogP contribution in [-0.4, -0.2) is 49.8 Å². The van der Waals surface area contributed by atoms with Crippen molar-refractivity contribution in [3.05, 3.63) is 24.3 Å². The SMILES string of the molecule is COc1ccccc1NC(=O)N1CCC(C(=O)NCC(F)(F)F)CC1. The molecule has 138 valence electrons. The number of methoxy groups -OCH3 is 1. The van der Waals surface area contributed by atoms with E-state index in [-0.39, 0.29) is 6.03 Å². The summed E-state index contributed by atoms with van der Waals surface area (Å²) in [5.74, 6) is -0.614. The predicted molar refractivity (Wildman–Crippen MR) is 85.4 cm³/mol. The summed E-state index contributed by atoms with van der Waals surface area (Å²) in [6.45, 7) is -0.740. The van der Waals surface area contributed by atoms with Gasteiger partial charge in [-0.15, -0.1) is 0 Å². The summed E-state index contributed by atoms with van der Waals surface area (Å²) < 4.78 is 41.6. The number of urea groups is 1. The van der Waals surface area contributed by atoms with Gasteiger partial charge in [0.1, 0.15) is 12.3 Å². The fraction of sp³-hybridized carbons (Fsp3) is 0.500. The van der Waals surface area contributed by atoms with E-state index in [4.69, 9.17) is 4.74 Å². The standard InChI is InChI=1S/C16H20F3N3O3/c1-25-13-5-3-2-4-12(13)21-15(24)22-8-6-11(7-9-22)14(23)20-10-16(17,18)19/h2-5,11H,6-10H2,1H3,(H,20,23)(H,21,24). The monoisotopic (exact) mass is 359 g/mol. The van der Waals surface area contributed by atoms with Gasteiger partial charge in [0.25, 0.3) is 0 Å². The molecule has 1 heterocycles. The summed E-state index contributed by atoms with van der Waals surface area (Å²) in [4.78, 5) is 25.6. The first-order valence-corrected chi connectivity index (χ1v) is 7.83. The molecule has 25 heavy (non-hydrogen) atoms. The zero-order valence-electron chi connectivity index (χ0n) is 13.7. The first-order chi connectivity index (χ1) is 11.8. The number of halogens is 3. The van der Waals surface area contributed by atoms with Gasteiger partial charge in [-0.2, -0.15) is 13.2 Å². The van der Waals surface area contributed by atoms with Crippen molar-refractivity contribution in [3.8, 4) is 5.75 Å². The van der Waals surface area contributed by atoms with E-state index in [1.54, 1.807) is 24.3 Å². The molecule has 0 aliphatic carbocycles. The lowest BCUT2D eigenvalue weighted by Crippen LogP contribution is -2.45. The van der Waals surface area contributed by atoms with Crippen LogP contribution in [0.2, 0.25) is 0 Å². The molecule has 9 heteroatoms. The number of piperidine rings is 1. The van der Waals surface area contributed by atoms with Crippen molar-refractivity contribution in [2.75, 3.05) is 32.1 Å². The van der Waals surface area contributed by atoms with Gasteiger partial charge in [-0.1, -0.05) is 12.1 Å². The maximum atomic E-state index is 12.3. The first kappa shape index (κ1) is 18.9. The number of anilines is 1. The summed E-state index contributed by atoms with van der Waals surface area (Å²) in [5, 5.41) is 4.62. The van der Waals surface area contributed by atoms with Crippen LogP contribution in [0, 0.1) is 5.92 Å². The van der Waals surface area contributed by atoms with Crippen LogP contribution in [0.5, 0.6) is 5.75 Å². The number of para-hydroxylation sites is 2. The summed E-state index contributed by atoms with van der Waals surface area (Å²) in [7, 11) is 1.50. The second-order valence-electron chi connectivity index (χ2n) is 5.72. The summed E-state index contributed by atoms with van der Waals surface area (Å²) in [6.07, 6.45) is -3.78. The quantitative estimate of drug-likeness (QED) is 0.868. The van der Waals surface area contributed by atoms with Crippen LogP contribution in [-0.2, 0) is 4.79 Å². The molecular formula is C16H20F3N3O3. The molecule has 2 rings (SSSR count). The van der Waals surface area contributed by atoms with Gasteiger partial charge in [-0.3, -0.25) is 4.79 Å². The zero-order valence-corrected chi connectivity index (χ0v) is 13.7. The Labute approximate surface area is 143 Å². The molecule has 1 aromatic carbocycles. The number of rotatable bonds is 4. The zero-order chi connectivity index (χ0) is 18.4. The molecule has 1 saturated heterocycles. The fourth-order valence-corrected chi connectivity index (χ4v) is 2.62. The summed E-state index contributed by atoms with van der Waals surface area (Å²) in [5.41, 5.74) is 0.528. The number of ether oxygens (including phenoxy) is 1. The van der Waals surface area contributed by atoms with Gasteiger partial charge < -0.3 is 20.3 Å². The lowest BCUT2D eigenvalue weighted by atomic mass is 9.96. The van der Waals surface area contributed by atoms with Gasteiger partial charge in [0.05, 0.1) is 12.8 Å². The smallest absolute Gasteiger partial charge is 0.405 e. The number of nitrogens with one attached hydrogen (secondary N) is 2. The van der Waals surface area contributed by atoms with E-state index < -0.39 is 24.5 Å².